The summed E-state index contributed by atoms with van der Waals surface area (Å²) >= 11 is 0. The van der Waals surface area contributed by atoms with E-state index in [4.69, 9.17) is 4.74 Å². The summed E-state index contributed by atoms with van der Waals surface area (Å²) in [6.07, 6.45) is 0. The molecule has 1 unspecified atom stereocenters. The van der Waals surface area contributed by atoms with E-state index in [1.165, 1.54) is 6.07 Å². The number of rotatable bonds is 6. The maximum atomic E-state index is 13.8. The van der Waals surface area contributed by atoms with Crippen LogP contribution in [-0.4, -0.2) is 60.9 Å². The first-order valence-corrected chi connectivity index (χ1v) is 10.1. The van der Waals surface area contributed by atoms with Crippen molar-refractivity contribution in [1.82, 2.24) is 15.1 Å². The van der Waals surface area contributed by atoms with Crippen LogP contribution in [0, 0.1) is 12.7 Å². The Bertz CT molecular complexity index is 910. The van der Waals surface area contributed by atoms with Crippen molar-refractivity contribution >= 4 is 11.8 Å². The molecule has 1 heterocycles. The maximum absolute atomic E-state index is 13.8. The lowest BCUT2D eigenvalue weighted by Crippen LogP contribution is -2.54. The highest BCUT2D eigenvalue weighted by molar-refractivity contribution is 5.94. The summed E-state index contributed by atoms with van der Waals surface area (Å²) in [5, 5.41) is 2.96. The Morgan fingerprint density at radius 3 is 2.50 bits per heavy atom. The molecule has 1 saturated heterocycles. The molecular weight excluding hydrogens is 385 g/mol. The van der Waals surface area contributed by atoms with Crippen LogP contribution < -0.4 is 10.1 Å². The number of carbonyl (C=O) groups excluding carboxylic acids is 2. The van der Waals surface area contributed by atoms with E-state index < -0.39 is 0 Å². The lowest BCUT2D eigenvalue weighted by molar-refractivity contribution is -0.126. The van der Waals surface area contributed by atoms with Crippen molar-refractivity contribution in [2.45, 2.75) is 26.4 Å². The summed E-state index contributed by atoms with van der Waals surface area (Å²) in [4.78, 5) is 29.0. The molecule has 7 heteroatoms. The van der Waals surface area contributed by atoms with Gasteiger partial charge in [-0.3, -0.25) is 14.5 Å². The first kappa shape index (κ1) is 21.8. The number of carbonyl (C=O) groups is 2. The van der Waals surface area contributed by atoms with Gasteiger partial charge >= 0.3 is 0 Å². The second-order valence-electron chi connectivity index (χ2n) is 7.50. The summed E-state index contributed by atoms with van der Waals surface area (Å²) in [5.74, 6) is 0.119. The molecule has 0 spiro atoms. The molecule has 1 atom stereocenters. The van der Waals surface area contributed by atoms with Gasteiger partial charge in [0.25, 0.3) is 5.91 Å². The van der Waals surface area contributed by atoms with Gasteiger partial charge in [0.05, 0.1) is 13.2 Å². The van der Waals surface area contributed by atoms with Crippen molar-refractivity contribution in [2.75, 3.05) is 33.3 Å². The average Bonchev–Trinajstić information content (AvgIpc) is 2.78. The predicted octanol–water partition coefficient (Wildman–Crippen LogP) is 2.61. The number of aryl methyl sites for hydroxylation is 1. The van der Waals surface area contributed by atoms with E-state index >= 15 is 0 Å². The van der Waals surface area contributed by atoms with E-state index in [9.17, 15) is 14.0 Å². The van der Waals surface area contributed by atoms with E-state index in [0.717, 1.165) is 11.3 Å². The summed E-state index contributed by atoms with van der Waals surface area (Å²) in [6, 6.07) is 11.8. The molecule has 160 valence electrons. The van der Waals surface area contributed by atoms with Crippen molar-refractivity contribution in [3.8, 4) is 5.75 Å². The van der Waals surface area contributed by atoms with Gasteiger partial charge in [-0.2, -0.15) is 0 Å². The van der Waals surface area contributed by atoms with Crippen molar-refractivity contribution in [3.63, 3.8) is 0 Å². The second kappa shape index (κ2) is 9.71. The molecular formula is C23H28FN3O3. The van der Waals surface area contributed by atoms with Gasteiger partial charge in [-0.05, 0) is 37.6 Å². The Morgan fingerprint density at radius 1 is 1.13 bits per heavy atom. The number of ether oxygens (including phenoxy) is 1. The Kier molecular flexibility index (Phi) is 7.05. The topological polar surface area (TPSA) is 61.9 Å². The molecule has 0 aromatic heterocycles. The van der Waals surface area contributed by atoms with Gasteiger partial charge in [-0.1, -0.05) is 24.3 Å². The Morgan fingerprint density at radius 2 is 1.83 bits per heavy atom. The molecule has 0 bridgehead atoms. The lowest BCUT2D eigenvalue weighted by Gasteiger charge is -2.37. The van der Waals surface area contributed by atoms with Crippen molar-refractivity contribution in [3.05, 3.63) is 65.0 Å². The molecule has 0 aliphatic carbocycles. The van der Waals surface area contributed by atoms with E-state index in [1.807, 2.05) is 31.2 Å². The van der Waals surface area contributed by atoms with Gasteiger partial charge in [0.2, 0.25) is 5.91 Å². The zero-order valence-electron chi connectivity index (χ0n) is 17.7. The molecule has 1 N–H and O–H groups in total. The number of hydrogen-bond acceptors (Lipinski definition) is 4. The van der Waals surface area contributed by atoms with Crippen LogP contribution >= 0.6 is 0 Å². The van der Waals surface area contributed by atoms with Crippen LogP contribution in [0.4, 0.5) is 4.39 Å². The third-order valence-electron chi connectivity index (χ3n) is 5.59. The summed E-state index contributed by atoms with van der Waals surface area (Å²) in [5.41, 5.74) is 1.79. The van der Waals surface area contributed by atoms with Crippen LogP contribution in [-0.2, 0) is 11.3 Å². The number of nitrogens with zero attached hydrogens (tertiary/aromatic N) is 2. The fourth-order valence-corrected chi connectivity index (χ4v) is 3.57. The number of methoxy groups -OCH3 is 1. The fourth-order valence-electron chi connectivity index (χ4n) is 3.57. The van der Waals surface area contributed by atoms with Crippen LogP contribution in [0.15, 0.2) is 42.5 Å². The number of amides is 2. The van der Waals surface area contributed by atoms with E-state index in [1.54, 1.807) is 31.1 Å². The van der Waals surface area contributed by atoms with Gasteiger partial charge in [0, 0.05) is 43.9 Å². The Labute approximate surface area is 176 Å². The summed E-state index contributed by atoms with van der Waals surface area (Å²) < 4.78 is 19.1. The first-order chi connectivity index (χ1) is 14.4. The number of benzene rings is 2. The number of piperazine rings is 1. The minimum absolute atomic E-state index is 0.0683. The number of halogens is 1. The van der Waals surface area contributed by atoms with Gasteiger partial charge in [0.1, 0.15) is 11.6 Å². The van der Waals surface area contributed by atoms with Crippen molar-refractivity contribution < 1.29 is 18.7 Å². The molecule has 1 aliphatic rings. The minimum atomic E-state index is -0.375. The Hall–Kier alpha value is -2.93. The molecule has 2 amide bonds. The molecule has 1 aliphatic heterocycles. The third kappa shape index (κ3) is 4.97. The predicted molar refractivity (Wildman–Crippen MR) is 113 cm³/mol. The van der Waals surface area contributed by atoms with Crippen LogP contribution in [0.3, 0.4) is 0 Å². The van der Waals surface area contributed by atoms with E-state index in [-0.39, 0.29) is 23.7 Å². The average molecular weight is 413 g/mol. The molecule has 0 radical (unpaired) electrons. The quantitative estimate of drug-likeness (QED) is 0.791. The molecule has 3 rings (SSSR count). The van der Waals surface area contributed by atoms with Gasteiger partial charge < -0.3 is 15.0 Å². The number of hydrogen-bond donors (Lipinski definition) is 1. The monoisotopic (exact) mass is 413 g/mol. The highest BCUT2D eigenvalue weighted by atomic mass is 19.1. The molecule has 1 fully saturated rings. The van der Waals surface area contributed by atoms with E-state index in [2.05, 4.69) is 10.2 Å². The number of para-hydroxylation sites is 1. The van der Waals surface area contributed by atoms with Gasteiger partial charge in [0.15, 0.2) is 0 Å². The second-order valence-corrected chi connectivity index (χ2v) is 7.50. The SMILES string of the molecule is COc1ccccc1CNC(=O)C(C)N1CCN(C(=O)c2ccc(C)c(F)c2)CC1. The van der Waals surface area contributed by atoms with Crippen LogP contribution in [0.5, 0.6) is 5.75 Å². The molecule has 2 aromatic carbocycles. The summed E-state index contributed by atoms with van der Waals surface area (Å²) in [7, 11) is 1.61. The van der Waals surface area contributed by atoms with Gasteiger partial charge in [-0.15, -0.1) is 0 Å². The standard InChI is InChI=1S/C23H28FN3O3/c1-16-8-9-18(14-20(16)24)23(29)27-12-10-26(11-13-27)17(2)22(28)25-15-19-6-4-5-7-21(19)30-3/h4-9,14,17H,10-13,15H2,1-3H3,(H,25,28). The molecule has 6 nitrogen and oxygen atoms in total. The normalized spacial score (nSPS) is 15.5. The number of nitrogens with one attached hydrogen (secondary N) is 1. The zero-order valence-corrected chi connectivity index (χ0v) is 17.7. The highest BCUT2D eigenvalue weighted by Crippen LogP contribution is 2.17. The third-order valence-corrected chi connectivity index (χ3v) is 5.59. The molecule has 2 aromatic rings. The smallest absolute Gasteiger partial charge is 0.254 e. The molecule has 30 heavy (non-hydrogen) atoms. The zero-order chi connectivity index (χ0) is 21.7. The minimum Gasteiger partial charge on any atom is -0.496 e. The van der Waals surface area contributed by atoms with Crippen LogP contribution in [0.1, 0.15) is 28.4 Å². The lowest BCUT2D eigenvalue weighted by atomic mass is 10.1. The Balaban J connectivity index is 1.51. The van der Waals surface area contributed by atoms with Gasteiger partial charge in [-0.25, -0.2) is 4.39 Å². The highest BCUT2D eigenvalue weighted by Gasteiger charge is 2.28. The summed E-state index contributed by atoms with van der Waals surface area (Å²) in [6.45, 7) is 6.10. The largest absolute Gasteiger partial charge is 0.496 e. The molecule has 0 saturated carbocycles. The van der Waals surface area contributed by atoms with E-state index in [0.29, 0.717) is 43.9 Å². The first-order valence-electron chi connectivity index (χ1n) is 10.1. The maximum Gasteiger partial charge on any atom is 0.254 e. The van der Waals surface area contributed by atoms with Crippen LogP contribution in [0.25, 0.3) is 0 Å². The van der Waals surface area contributed by atoms with Crippen molar-refractivity contribution in [2.24, 2.45) is 0 Å². The van der Waals surface area contributed by atoms with Crippen LogP contribution in [0.2, 0.25) is 0 Å². The van der Waals surface area contributed by atoms with Crippen molar-refractivity contribution in [1.29, 1.82) is 0 Å². The fraction of sp³-hybridized carbons (Fsp3) is 0.391.